The van der Waals surface area contributed by atoms with E-state index in [0.29, 0.717) is 17.8 Å². The van der Waals surface area contributed by atoms with Crippen LogP contribution in [0.25, 0.3) is 0 Å². The first-order valence-corrected chi connectivity index (χ1v) is 7.93. The van der Waals surface area contributed by atoms with Crippen molar-refractivity contribution in [3.05, 3.63) is 65.2 Å². The van der Waals surface area contributed by atoms with Crippen molar-refractivity contribution in [2.75, 3.05) is 11.9 Å². The quantitative estimate of drug-likeness (QED) is 0.752. The molecule has 0 fully saturated rings. The molecule has 0 heterocycles. The standard InChI is InChI=1S/C19H21N3O3/c1-13-6-3-4-9-17(13)19(25)21-12-18(24)20-11-15-7-5-8-16(10-15)22-14(2)23/h3-10H,11-12H2,1-2H3,(H,20,24)(H,21,25)(H,22,23). The Labute approximate surface area is 146 Å². The largest absolute Gasteiger partial charge is 0.350 e. The lowest BCUT2D eigenvalue weighted by Gasteiger charge is -2.09. The second kappa shape index (κ2) is 8.63. The van der Waals surface area contributed by atoms with Gasteiger partial charge in [-0.2, -0.15) is 0 Å². The molecule has 6 heteroatoms. The van der Waals surface area contributed by atoms with Gasteiger partial charge in [-0.05, 0) is 36.2 Å². The number of hydrogen-bond acceptors (Lipinski definition) is 3. The summed E-state index contributed by atoms with van der Waals surface area (Å²) in [5.74, 6) is -0.715. The van der Waals surface area contributed by atoms with E-state index in [1.807, 2.05) is 25.1 Å². The van der Waals surface area contributed by atoms with Crippen LogP contribution in [0.3, 0.4) is 0 Å². The molecule has 0 radical (unpaired) electrons. The Balaban J connectivity index is 1.82. The zero-order valence-corrected chi connectivity index (χ0v) is 14.3. The fraction of sp³-hybridized carbons (Fsp3) is 0.211. The van der Waals surface area contributed by atoms with Crippen molar-refractivity contribution in [3.8, 4) is 0 Å². The number of anilines is 1. The van der Waals surface area contributed by atoms with Crippen LogP contribution in [-0.2, 0) is 16.1 Å². The summed E-state index contributed by atoms with van der Waals surface area (Å²) in [5, 5.41) is 8.03. The van der Waals surface area contributed by atoms with Crippen LogP contribution < -0.4 is 16.0 Å². The van der Waals surface area contributed by atoms with Gasteiger partial charge in [-0.3, -0.25) is 14.4 Å². The number of amides is 3. The van der Waals surface area contributed by atoms with Crippen molar-refractivity contribution < 1.29 is 14.4 Å². The van der Waals surface area contributed by atoms with Gasteiger partial charge in [-0.25, -0.2) is 0 Å². The fourth-order valence-electron chi connectivity index (χ4n) is 2.31. The van der Waals surface area contributed by atoms with Crippen molar-refractivity contribution >= 4 is 23.4 Å². The monoisotopic (exact) mass is 339 g/mol. The van der Waals surface area contributed by atoms with Gasteiger partial charge >= 0.3 is 0 Å². The zero-order valence-electron chi connectivity index (χ0n) is 14.3. The van der Waals surface area contributed by atoms with E-state index >= 15 is 0 Å². The van der Waals surface area contributed by atoms with Gasteiger partial charge in [0.2, 0.25) is 11.8 Å². The fourth-order valence-corrected chi connectivity index (χ4v) is 2.31. The van der Waals surface area contributed by atoms with Crippen molar-refractivity contribution in [2.24, 2.45) is 0 Å². The van der Waals surface area contributed by atoms with Crippen LogP contribution in [0, 0.1) is 6.92 Å². The molecule has 0 bridgehead atoms. The van der Waals surface area contributed by atoms with Crippen molar-refractivity contribution in [1.82, 2.24) is 10.6 Å². The molecular weight excluding hydrogens is 318 g/mol. The molecule has 3 amide bonds. The van der Waals surface area contributed by atoms with Gasteiger partial charge in [-0.1, -0.05) is 30.3 Å². The van der Waals surface area contributed by atoms with Gasteiger partial charge in [0.25, 0.3) is 5.91 Å². The molecule has 0 aromatic heterocycles. The summed E-state index contributed by atoms with van der Waals surface area (Å²) in [4.78, 5) is 35.0. The summed E-state index contributed by atoms with van der Waals surface area (Å²) >= 11 is 0. The van der Waals surface area contributed by atoms with E-state index in [1.165, 1.54) is 6.92 Å². The van der Waals surface area contributed by atoms with E-state index in [-0.39, 0.29) is 24.3 Å². The van der Waals surface area contributed by atoms with Crippen LogP contribution in [0.15, 0.2) is 48.5 Å². The van der Waals surface area contributed by atoms with Crippen molar-refractivity contribution in [3.63, 3.8) is 0 Å². The molecule has 6 nitrogen and oxygen atoms in total. The molecule has 0 atom stereocenters. The molecule has 25 heavy (non-hydrogen) atoms. The minimum atomic E-state index is -0.285. The average molecular weight is 339 g/mol. The molecule has 130 valence electrons. The first-order valence-electron chi connectivity index (χ1n) is 7.93. The van der Waals surface area contributed by atoms with E-state index in [2.05, 4.69) is 16.0 Å². The maximum atomic E-state index is 12.1. The highest BCUT2D eigenvalue weighted by molar-refractivity contribution is 5.97. The van der Waals surface area contributed by atoms with Crippen LogP contribution in [0.2, 0.25) is 0 Å². The van der Waals surface area contributed by atoms with Crippen LogP contribution in [0.1, 0.15) is 28.4 Å². The summed E-state index contributed by atoms with van der Waals surface area (Å²) in [6.07, 6.45) is 0. The lowest BCUT2D eigenvalue weighted by molar-refractivity contribution is -0.120. The lowest BCUT2D eigenvalue weighted by atomic mass is 10.1. The number of rotatable bonds is 6. The van der Waals surface area contributed by atoms with Crippen molar-refractivity contribution in [1.29, 1.82) is 0 Å². The summed E-state index contributed by atoms with van der Waals surface area (Å²) in [7, 11) is 0. The first kappa shape index (κ1) is 18.2. The Morgan fingerprint density at radius 1 is 0.960 bits per heavy atom. The lowest BCUT2D eigenvalue weighted by Crippen LogP contribution is -2.36. The topological polar surface area (TPSA) is 87.3 Å². The zero-order chi connectivity index (χ0) is 18.2. The van der Waals surface area contributed by atoms with E-state index in [0.717, 1.165) is 11.1 Å². The van der Waals surface area contributed by atoms with Gasteiger partial charge in [0, 0.05) is 24.7 Å². The van der Waals surface area contributed by atoms with Crippen LogP contribution in [-0.4, -0.2) is 24.3 Å². The minimum Gasteiger partial charge on any atom is -0.350 e. The Hall–Kier alpha value is -3.15. The molecule has 0 aliphatic heterocycles. The third-order valence-corrected chi connectivity index (χ3v) is 3.54. The second-order valence-corrected chi connectivity index (χ2v) is 5.66. The van der Waals surface area contributed by atoms with E-state index < -0.39 is 0 Å². The van der Waals surface area contributed by atoms with E-state index in [1.54, 1.807) is 30.3 Å². The normalized spacial score (nSPS) is 10.0. The van der Waals surface area contributed by atoms with Crippen LogP contribution >= 0.6 is 0 Å². The SMILES string of the molecule is CC(=O)Nc1cccc(CNC(=O)CNC(=O)c2ccccc2C)c1. The van der Waals surface area contributed by atoms with E-state index in [9.17, 15) is 14.4 Å². The predicted octanol–water partition coefficient (Wildman–Crippen LogP) is 2.00. The molecule has 0 unspecified atom stereocenters. The highest BCUT2D eigenvalue weighted by Gasteiger charge is 2.09. The van der Waals surface area contributed by atoms with Gasteiger partial charge in [0.15, 0.2) is 0 Å². The summed E-state index contributed by atoms with van der Waals surface area (Å²) in [6.45, 7) is 3.49. The minimum absolute atomic E-state index is 0.0987. The number of benzene rings is 2. The van der Waals surface area contributed by atoms with Crippen molar-refractivity contribution in [2.45, 2.75) is 20.4 Å². The molecule has 0 saturated heterocycles. The number of nitrogens with one attached hydrogen (secondary N) is 3. The molecular formula is C19H21N3O3. The third kappa shape index (κ3) is 5.76. The first-order chi connectivity index (χ1) is 12.0. The maximum absolute atomic E-state index is 12.1. The summed E-state index contributed by atoms with van der Waals surface area (Å²) in [6, 6.07) is 14.4. The van der Waals surface area contributed by atoms with Gasteiger partial charge in [0.1, 0.15) is 0 Å². The average Bonchev–Trinajstić information content (AvgIpc) is 2.58. The molecule has 0 spiro atoms. The van der Waals surface area contributed by atoms with Gasteiger partial charge in [-0.15, -0.1) is 0 Å². The predicted molar refractivity (Wildman–Crippen MR) is 96.1 cm³/mol. The van der Waals surface area contributed by atoms with Crippen LogP contribution in [0.4, 0.5) is 5.69 Å². The third-order valence-electron chi connectivity index (χ3n) is 3.54. The highest BCUT2D eigenvalue weighted by atomic mass is 16.2. The number of aryl methyl sites for hydroxylation is 1. The Morgan fingerprint density at radius 2 is 1.72 bits per heavy atom. The number of hydrogen-bond donors (Lipinski definition) is 3. The van der Waals surface area contributed by atoms with E-state index in [4.69, 9.17) is 0 Å². The molecule has 2 rings (SSSR count). The maximum Gasteiger partial charge on any atom is 0.251 e. The Kier molecular flexibility index (Phi) is 6.28. The highest BCUT2D eigenvalue weighted by Crippen LogP contribution is 2.10. The number of carbonyl (C=O) groups excluding carboxylic acids is 3. The molecule has 0 aliphatic rings. The number of carbonyl (C=O) groups is 3. The molecule has 0 saturated carbocycles. The Bertz CT molecular complexity index is 787. The smallest absolute Gasteiger partial charge is 0.251 e. The summed E-state index contributed by atoms with van der Waals surface area (Å²) < 4.78 is 0. The Morgan fingerprint density at radius 3 is 2.44 bits per heavy atom. The molecule has 3 N–H and O–H groups in total. The molecule has 0 aliphatic carbocycles. The molecule has 2 aromatic carbocycles. The summed E-state index contributed by atoms with van der Waals surface area (Å²) in [5.41, 5.74) is 2.94. The van der Waals surface area contributed by atoms with Gasteiger partial charge < -0.3 is 16.0 Å². The van der Waals surface area contributed by atoms with Crippen LogP contribution in [0.5, 0.6) is 0 Å². The second-order valence-electron chi connectivity index (χ2n) is 5.66. The molecule has 2 aromatic rings. The van der Waals surface area contributed by atoms with Gasteiger partial charge in [0.05, 0.1) is 6.54 Å².